The molecule has 120 valence electrons. The molecule has 5 nitrogen and oxygen atoms in total. The Hall–Kier alpha value is -1.69. The number of rotatable bonds is 7. The van der Waals surface area contributed by atoms with E-state index in [0.29, 0.717) is 12.5 Å². The summed E-state index contributed by atoms with van der Waals surface area (Å²) in [4.78, 5) is 22.4. The summed E-state index contributed by atoms with van der Waals surface area (Å²) in [7, 11) is 1.78. The first-order valence-corrected chi connectivity index (χ1v) is 8.67. The zero-order valence-corrected chi connectivity index (χ0v) is 14.3. The van der Waals surface area contributed by atoms with Crippen molar-refractivity contribution in [2.75, 3.05) is 7.05 Å². The van der Waals surface area contributed by atoms with E-state index in [0.717, 1.165) is 5.69 Å². The summed E-state index contributed by atoms with van der Waals surface area (Å²) < 4.78 is 1.47. The van der Waals surface area contributed by atoms with E-state index in [-0.39, 0.29) is 6.03 Å². The minimum Gasteiger partial charge on any atom is -0.321 e. The minimum atomic E-state index is -0.0944. The van der Waals surface area contributed by atoms with Crippen LogP contribution in [-0.2, 0) is 6.54 Å². The Balaban J connectivity index is 1.90. The maximum absolute atomic E-state index is 12.1. The first-order valence-electron chi connectivity index (χ1n) is 7.79. The Bertz CT molecular complexity index is 579. The van der Waals surface area contributed by atoms with E-state index >= 15 is 0 Å². The molecule has 0 radical (unpaired) electrons. The van der Waals surface area contributed by atoms with Gasteiger partial charge in [-0.3, -0.25) is 4.57 Å². The van der Waals surface area contributed by atoms with Crippen LogP contribution in [0.15, 0.2) is 24.1 Å². The average molecular weight is 320 g/mol. The smallest absolute Gasteiger partial charge is 0.321 e. The second-order valence-corrected chi connectivity index (χ2v) is 6.57. The van der Waals surface area contributed by atoms with Gasteiger partial charge in [0.2, 0.25) is 0 Å². The van der Waals surface area contributed by atoms with Crippen LogP contribution >= 0.6 is 11.3 Å². The molecule has 0 aliphatic rings. The number of carbonyl (C=O) groups excluding carboxylic acids is 1. The summed E-state index contributed by atoms with van der Waals surface area (Å²) in [6.45, 7) is 4.98. The van der Waals surface area contributed by atoms with E-state index in [1.54, 1.807) is 35.7 Å². The van der Waals surface area contributed by atoms with Gasteiger partial charge in [-0.25, -0.2) is 14.8 Å². The van der Waals surface area contributed by atoms with Gasteiger partial charge >= 0.3 is 6.03 Å². The molecule has 2 aromatic heterocycles. The molecular weight excluding hydrogens is 296 g/mol. The first kappa shape index (κ1) is 16.7. The van der Waals surface area contributed by atoms with Crippen LogP contribution in [0.1, 0.15) is 56.2 Å². The normalized spacial score (nSPS) is 12.3. The molecule has 0 aliphatic carbocycles. The van der Waals surface area contributed by atoms with E-state index < -0.39 is 0 Å². The lowest BCUT2D eigenvalue weighted by Gasteiger charge is -2.15. The largest absolute Gasteiger partial charge is 0.329 e. The van der Waals surface area contributed by atoms with Gasteiger partial charge < -0.3 is 4.90 Å². The fraction of sp³-hybridized carbons (Fsp3) is 0.562. The van der Waals surface area contributed by atoms with Crippen LogP contribution in [0, 0.1) is 0 Å². The van der Waals surface area contributed by atoms with Crippen molar-refractivity contribution in [3.63, 3.8) is 0 Å². The molecule has 2 heterocycles. The summed E-state index contributed by atoms with van der Waals surface area (Å²) >= 11 is 1.70. The summed E-state index contributed by atoms with van der Waals surface area (Å²) in [6.07, 6.45) is 9.74. The molecule has 22 heavy (non-hydrogen) atoms. The molecule has 0 saturated carbocycles. The average Bonchev–Trinajstić information content (AvgIpc) is 3.18. The van der Waals surface area contributed by atoms with Gasteiger partial charge in [0, 0.05) is 30.7 Å². The maximum Gasteiger partial charge on any atom is 0.329 e. The van der Waals surface area contributed by atoms with E-state index in [2.05, 4.69) is 24.2 Å². The third-order valence-electron chi connectivity index (χ3n) is 3.68. The number of hydrogen-bond acceptors (Lipinski definition) is 4. The van der Waals surface area contributed by atoms with E-state index in [1.165, 1.54) is 41.6 Å². The van der Waals surface area contributed by atoms with Gasteiger partial charge in [-0.15, -0.1) is 11.3 Å². The van der Waals surface area contributed by atoms with Gasteiger partial charge in [0.1, 0.15) is 6.33 Å². The highest BCUT2D eigenvalue weighted by molar-refractivity contribution is 7.09. The lowest BCUT2D eigenvalue weighted by Crippen LogP contribution is -2.29. The highest BCUT2D eigenvalue weighted by Crippen LogP contribution is 2.25. The number of imidazole rings is 1. The van der Waals surface area contributed by atoms with Crippen LogP contribution in [0.25, 0.3) is 0 Å². The number of thiazole rings is 1. The number of hydrogen-bond donors (Lipinski definition) is 0. The van der Waals surface area contributed by atoms with Crippen LogP contribution in [0.3, 0.4) is 0 Å². The Morgan fingerprint density at radius 1 is 1.45 bits per heavy atom. The van der Waals surface area contributed by atoms with Gasteiger partial charge in [0.15, 0.2) is 0 Å². The fourth-order valence-electron chi connectivity index (χ4n) is 2.33. The standard InChI is InChI=1S/C16H24N4OS/c1-4-5-6-7-13(2)15-18-14(11-22-15)10-19(3)16(21)20-9-8-17-12-20/h8-9,11-13H,4-7,10H2,1-3H3. The molecular formula is C16H24N4OS. The molecule has 0 aliphatic heterocycles. The fourth-order valence-corrected chi connectivity index (χ4v) is 3.23. The minimum absolute atomic E-state index is 0.0944. The number of nitrogens with zero attached hydrogens (tertiary/aromatic N) is 4. The number of aromatic nitrogens is 3. The molecule has 0 spiro atoms. The van der Waals surface area contributed by atoms with Crippen LogP contribution in [0.4, 0.5) is 4.79 Å². The molecule has 1 atom stereocenters. The Kier molecular flexibility index (Phi) is 6.12. The lowest BCUT2D eigenvalue weighted by atomic mass is 10.0. The lowest BCUT2D eigenvalue weighted by molar-refractivity contribution is 0.208. The topological polar surface area (TPSA) is 51.0 Å². The predicted octanol–water partition coefficient (Wildman–Crippen LogP) is 4.12. The number of carbonyl (C=O) groups is 1. The molecule has 0 N–H and O–H groups in total. The van der Waals surface area contributed by atoms with Crippen molar-refractivity contribution in [1.29, 1.82) is 0 Å². The first-order chi connectivity index (χ1) is 10.6. The SMILES string of the molecule is CCCCCC(C)c1nc(CN(C)C(=O)n2ccnc2)cs1. The van der Waals surface area contributed by atoms with Gasteiger partial charge in [0.05, 0.1) is 17.2 Å². The van der Waals surface area contributed by atoms with Crippen molar-refractivity contribution in [2.24, 2.45) is 0 Å². The zero-order chi connectivity index (χ0) is 15.9. The van der Waals surface area contributed by atoms with Crippen molar-refractivity contribution in [3.8, 4) is 0 Å². The van der Waals surface area contributed by atoms with Crippen LogP contribution in [-0.4, -0.2) is 32.5 Å². The quantitative estimate of drug-likeness (QED) is 0.721. The van der Waals surface area contributed by atoms with Crippen molar-refractivity contribution >= 4 is 17.4 Å². The summed E-state index contributed by atoms with van der Waals surface area (Å²) in [5.41, 5.74) is 0.957. The van der Waals surface area contributed by atoms with Crippen molar-refractivity contribution in [3.05, 3.63) is 34.8 Å². The third-order valence-corrected chi connectivity index (χ3v) is 4.81. The van der Waals surface area contributed by atoms with E-state index in [4.69, 9.17) is 4.98 Å². The molecule has 1 amide bonds. The monoisotopic (exact) mass is 320 g/mol. The summed E-state index contributed by atoms with van der Waals surface area (Å²) in [5, 5.41) is 3.23. The van der Waals surface area contributed by atoms with Gasteiger partial charge in [-0.05, 0) is 6.42 Å². The van der Waals surface area contributed by atoms with Gasteiger partial charge in [0.25, 0.3) is 0 Å². The van der Waals surface area contributed by atoms with Gasteiger partial charge in [-0.1, -0.05) is 33.1 Å². The molecule has 2 rings (SSSR count). The Morgan fingerprint density at radius 3 is 2.95 bits per heavy atom. The summed E-state index contributed by atoms with van der Waals surface area (Å²) in [5.74, 6) is 0.500. The van der Waals surface area contributed by atoms with E-state index in [1.807, 2.05) is 0 Å². The highest BCUT2D eigenvalue weighted by atomic mass is 32.1. The maximum atomic E-state index is 12.1. The molecule has 0 fully saturated rings. The second-order valence-electron chi connectivity index (χ2n) is 5.68. The van der Waals surface area contributed by atoms with Gasteiger partial charge in [-0.2, -0.15) is 0 Å². The highest BCUT2D eigenvalue weighted by Gasteiger charge is 2.15. The molecule has 0 aromatic carbocycles. The molecule has 6 heteroatoms. The Morgan fingerprint density at radius 2 is 2.27 bits per heavy atom. The van der Waals surface area contributed by atoms with Crippen molar-refractivity contribution in [1.82, 2.24) is 19.4 Å². The molecule has 0 bridgehead atoms. The van der Waals surface area contributed by atoms with Crippen LogP contribution < -0.4 is 0 Å². The third kappa shape index (κ3) is 4.40. The van der Waals surface area contributed by atoms with E-state index in [9.17, 15) is 4.79 Å². The molecule has 1 unspecified atom stereocenters. The van der Waals surface area contributed by atoms with Crippen LogP contribution in [0.5, 0.6) is 0 Å². The number of amides is 1. The Labute approximate surface area is 136 Å². The predicted molar refractivity (Wildman–Crippen MR) is 89.2 cm³/mol. The molecule has 2 aromatic rings. The van der Waals surface area contributed by atoms with Crippen LogP contribution in [0.2, 0.25) is 0 Å². The second kappa shape index (κ2) is 8.08. The number of unbranched alkanes of at least 4 members (excludes halogenated alkanes) is 2. The molecule has 0 saturated heterocycles. The van der Waals surface area contributed by atoms with Crippen molar-refractivity contribution < 1.29 is 4.79 Å². The zero-order valence-electron chi connectivity index (χ0n) is 13.5. The van der Waals surface area contributed by atoms with Crippen molar-refractivity contribution in [2.45, 2.75) is 52.0 Å². The summed E-state index contributed by atoms with van der Waals surface area (Å²) in [6, 6.07) is -0.0944.